The van der Waals surface area contributed by atoms with Crippen LogP contribution >= 0.6 is 23.2 Å². The summed E-state index contributed by atoms with van der Waals surface area (Å²) < 4.78 is 33.1. The minimum atomic E-state index is -0.681. The van der Waals surface area contributed by atoms with Crippen LogP contribution in [0.15, 0.2) is 43.2 Å². The average Bonchev–Trinajstić information content (AvgIpc) is 3.46. The first-order valence-electron chi connectivity index (χ1n) is 12.9. The normalized spacial score (nSPS) is 21.1. The highest BCUT2D eigenvalue weighted by atomic mass is 35.5. The van der Waals surface area contributed by atoms with Crippen LogP contribution in [0.4, 0.5) is 15.9 Å². The molecule has 3 atom stereocenters. The second kappa shape index (κ2) is 11.9. The van der Waals surface area contributed by atoms with Gasteiger partial charge in [-0.15, -0.1) is 0 Å². The lowest BCUT2D eigenvalue weighted by molar-refractivity contribution is -0.131. The SMILES string of the molecule is C=CC(=O)N1CC[C@H](Oc2cc3c(Nc4ccc(Cl)c(Cl)c4F)ncnc3cc2O[C@@H]2CCOC2)C[C@H]1CC. The summed E-state index contributed by atoms with van der Waals surface area (Å²) in [7, 11) is 0. The first-order chi connectivity index (χ1) is 18.9. The molecule has 2 saturated heterocycles. The van der Waals surface area contributed by atoms with Gasteiger partial charge in [-0.2, -0.15) is 0 Å². The molecule has 11 heteroatoms. The number of likely N-dealkylation sites (tertiary alicyclic amines) is 1. The van der Waals surface area contributed by atoms with Gasteiger partial charge in [0, 0.05) is 43.3 Å². The third kappa shape index (κ3) is 5.90. The number of hydrogen-bond donors (Lipinski definition) is 1. The standard InChI is InChI=1S/C28H29Cl2FN4O4/c1-3-16-11-17(7-9-35(16)25(36)4-2)38-23-12-19-22(13-24(23)39-18-8-10-37-14-18)32-15-33-28(19)34-21-6-5-20(29)26(30)27(21)31/h4-6,12-13,15-18H,2-3,7-11,14H2,1H3,(H,32,33,34)/t16-,17+,18-/m1/s1. The van der Waals surface area contributed by atoms with Crippen molar-refractivity contribution in [2.75, 3.05) is 25.1 Å². The van der Waals surface area contributed by atoms with E-state index in [9.17, 15) is 9.18 Å². The summed E-state index contributed by atoms with van der Waals surface area (Å²) in [4.78, 5) is 22.9. The zero-order valence-electron chi connectivity index (χ0n) is 21.5. The Hall–Kier alpha value is -3.14. The number of amides is 1. The number of aromatic nitrogens is 2. The van der Waals surface area contributed by atoms with Gasteiger partial charge >= 0.3 is 0 Å². The average molecular weight is 575 g/mol. The molecule has 1 aromatic heterocycles. The van der Waals surface area contributed by atoms with Crippen molar-refractivity contribution in [3.05, 3.63) is 59.1 Å². The summed E-state index contributed by atoms with van der Waals surface area (Å²) in [6.07, 6.45) is 5.40. The molecular formula is C28H29Cl2FN4O4. The molecule has 2 aromatic carbocycles. The number of carbonyl (C=O) groups is 1. The van der Waals surface area contributed by atoms with Gasteiger partial charge < -0.3 is 24.4 Å². The van der Waals surface area contributed by atoms with Crippen LogP contribution in [0.5, 0.6) is 11.5 Å². The van der Waals surface area contributed by atoms with Crippen LogP contribution in [-0.4, -0.2) is 58.8 Å². The number of nitrogens with zero attached hydrogens (tertiary/aromatic N) is 3. The summed E-state index contributed by atoms with van der Waals surface area (Å²) in [5.74, 6) is 0.681. The molecule has 1 amide bonds. The van der Waals surface area contributed by atoms with E-state index in [0.717, 1.165) is 12.8 Å². The first-order valence-corrected chi connectivity index (χ1v) is 13.7. The maximum absolute atomic E-state index is 14.8. The van der Waals surface area contributed by atoms with Crippen molar-refractivity contribution >= 4 is 51.5 Å². The maximum atomic E-state index is 14.8. The van der Waals surface area contributed by atoms with E-state index in [2.05, 4.69) is 28.8 Å². The number of halogens is 3. The Morgan fingerprint density at radius 2 is 2.03 bits per heavy atom. The van der Waals surface area contributed by atoms with Gasteiger partial charge in [0.1, 0.15) is 24.4 Å². The molecule has 1 N–H and O–H groups in total. The lowest BCUT2D eigenvalue weighted by atomic mass is 9.97. The third-order valence-electron chi connectivity index (χ3n) is 7.06. The fourth-order valence-corrected chi connectivity index (χ4v) is 5.29. The number of hydrogen-bond acceptors (Lipinski definition) is 7. The number of anilines is 2. The number of ether oxygens (including phenoxy) is 3. The van der Waals surface area contributed by atoms with E-state index in [1.807, 2.05) is 4.90 Å². The molecule has 8 nitrogen and oxygen atoms in total. The highest BCUT2D eigenvalue weighted by Gasteiger charge is 2.31. The quantitative estimate of drug-likeness (QED) is 0.249. The van der Waals surface area contributed by atoms with E-state index in [1.54, 1.807) is 12.1 Å². The van der Waals surface area contributed by atoms with Crippen LogP contribution in [0.1, 0.15) is 32.6 Å². The molecule has 3 heterocycles. The summed E-state index contributed by atoms with van der Waals surface area (Å²) in [6.45, 7) is 7.38. The highest BCUT2D eigenvalue weighted by molar-refractivity contribution is 6.42. The van der Waals surface area contributed by atoms with Gasteiger partial charge in [0.2, 0.25) is 5.91 Å². The van der Waals surface area contributed by atoms with Crippen LogP contribution in [0.25, 0.3) is 10.9 Å². The number of carbonyl (C=O) groups excluding carboxylic acids is 1. The van der Waals surface area contributed by atoms with Crippen LogP contribution in [0.2, 0.25) is 10.0 Å². The molecular weight excluding hydrogens is 546 g/mol. The molecule has 0 spiro atoms. The second-order valence-corrected chi connectivity index (χ2v) is 10.3. The van der Waals surface area contributed by atoms with Crippen molar-refractivity contribution in [2.24, 2.45) is 0 Å². The molecule has 39 heavy (non-hydrogen) atoms. The fourth-order valence-electron chi connectivity index (χ4n) is 4.98. The number of nitrogens with one attached hydrogen (secondary N) is 1. The number of benzene rings is 2. The summed E-state index contributed by atoms with van der Waals surface area (Å²) in [5, 5.41) is 3.56. The fraction of sp³-hybridized carbons (Fsp3) is 0.393. The van der Waals surface area contributed by atoms with Gasteiger partial charge in [-0.25, -0.2) is 14.4 Å². The van der Waals surface area contributed by atoms with E-state index in [1.165, 1.54) is 24.5 Å². The van der Waals surface area contributed by atoms with Gasteiger partial charge in [-0.3, -0.25) is 4.79 Å². The summed E-state index contributed by atoms with van der Waals surface area (Å²) >= 11 is 12.0. The molecule has 0 bridgehead atoms. The van der Waals surface area contributed by atoms with Crippen molar-refractivity contribution in [1.82, 2.24) is 14.9 Å². The predicted molar refractivity (Wildman–Crippen MR) is 149 cm³/mol. The molecule has 0 saturated carbocycles. The minimum absolute atomic E-state index is 0.0421. The molecule has 2 aliphatic heterocycles. The van der Waals surface area contributed by atoms with Crippen LogP contribution < -0.4 is 14.8 Å². The second-order valence-electron chi connectivity index (χ2n) is 9.55. The maximum Gasteiger partial charge on any atom is 0.246 e. The van der Waals surface area contributed by atoms with E-state index >= 15 is 0 Å². The van der Waals surface area contributed by atoms with E-state index in [-0.39, 0.29) is 39.9 Å². The van der Waals surface area contributed by atoms with Crippen LogP contribution in [-0.2, 0) is 9.53 Å². The first kappa shape index (κ1) is 27.4. The van der Waals surface area contributed by atoms with E-state index in [4.69, 9.17) is 37.4 Å². The van der Waals surface area contributed by atoms with Crippen molar-refractivity contribution in [1.29, 1.82) is 0 Å². The molecule has 0 aliphatic carbocycles. The van der Waals surface area contributed by atoms with Gasteiger partial charge in [-0.1, -0.05) is 36.7 Å². The van der Waals surface area contributed by atoms with Gasteiger partial charge in [0.15, 0.2) is 17.3 Å². The van der Waals surface area contributed by atoms with E-state index in [0.29, 0.717) is 60.8 Å². The summed E-state index contributed by atoms with van der Waals surface area (Å²) in [6, 6.07) is 6.65. The summed E-state index contributed by atoms with van der Waals surface area (Å²) in [5.41, 5.74) is 0.715. The Labute approximate surface area is 236 Å². The Bertz CT molecular complexity index is 1390. The van der Waals surface area contributed by atoms with Crippen molar-refractivity contribution in [3.8, 4) is 11.5 Å². The number of piperidine rings is 1. The Balaban J connectivity index is 1.48. The van der Waals surface area contributed by atoms with Crippen molar-refractivity contribution < 1.29 is 23.4 Å². The molecule has 0 unspecified atom stereocenters. The molecule has 2 aliphatic rings. The van der Waals surface area contributed by atoms with Crippen LogP contribution in [0.3, 0.4) is 0 Å². The number of fused-ring (bicyclic) bond motifs is 1. The third-order valence-corrected chi connectivity index (χ3v) is 7.84. The van der Waals surface area contributed by atoms with Crippen molar-refractivity contribution in [2.45, 2.75) is 50.9 Å². The minimum Gasteiger partial charge on any atom is -0.486 e. The highest BCUT2D eigenvalue weighted by Crippen LogP contribution is 2.39. The molecule has 206 valence electrons. The topological polar surface area (TPSA) is 85.8 Å². The van der Waals surface area contributed by atoms with Crippen molar-refractivity contribution in [3.63, 3.8) is 0 Å². The van der Waals surface area contributed by atoms with Gasteiger partial charge in [0.25, 0.3) is 0 Å². The number of rotatable bonds is 8. The zero-order chi connectivity index (χ0) is 27.5. The predicted octanol–water partition coefficient (Wildman–Crippen LogP) is 6.32. The zero-order valence-corrected chi connectivity index (χ0v) is 23.0. The lowest BCUT2D eigenvalue weighted by Crippen LogP contribution is -2.48. The molecule has 0 radical (unpaired) electrons. The monoisotopic (exact) mass is 574 g/mol. The molecule has 5 rings (SSSR count). The van der Waals surface area contributed by atoms with Gasteiger partial charge in [0.05, 0.1) is 34.5 Å². The Morgan fingerprint density at radius 3 is 2.77 bits per heavy atom. The largest absolute Gasteiger partial charge is 0.486 e. The smallest absolute Gasteiger partial charge is 0.246 e. The Kier molecular flexibility index (Phi) is 8.40. The van der Waals surface area contributed by atoms with Gasteiger partial charge in [-0.05, 0) is 30.7 Å². The molecule has 2 fully saturated rings. The van der Waals surface area contributed by atoms with Crippen LogP contribution in [0, 0.1) is 5.82 Å². The lowest BCUT2D eigenvalue weighted by Gasteiger charge is -2.38. The van der Waals surface area contributed by atoms with E-state index < -0.39 is 5.82 Å². The Morgan fingerprint density at radius 1 is 1.23 bits per heavy atom. The molecule has 3 aromatic rings.